The van der Waals surface area contributed by atoms with Crippen LogP contribution in [0.5, 0.6) is 0 Å². The van der Waals surface area contributed by atoms with Gasteiger partial charge in [-0.05, 0) is 48.4 Å². The summed E-state index contributed by atoms with van der Waals surface area (Å²) < 4.78 is 39.3. The van der Waals surface area contributed by atoms with Crippen LogP contribution in [-0.2, 0) is 22.3 Å². The van der Waals surface area contributed by atoms with Gasteiger partial charge in [0.05, 0.1) is 22.7 Å². The Morgan fingerprint density at radius 3 is 2.75 bits per heavy atom. The summed E-state index contributed by atoms with van der Waals surface area (Å²) in [6.07, 6.45) is -2.67. The van der Waals surface area contributed by atoms with Crippen molar-refractivity contribution in [3.8, 4) is 6.07 Å². The quantitative estimate of drug-likeness (QED) is 0.500. The molecule has 0 bridgehead atoms. The van der Waals surface area contributed by atoms with Crippen molar-refractivity contribution in [3.05, 3.63) is 52.2 Å². The topological polar surface area (TPSA) is 120 Å². The number of halogens is 3. The number of fused-ring (bicyclic) bond motifs is 2. The molecule has 1 aromatic carbocycles. The molecule has 8 nitrogen and oxygen atoms in total. The van der Waals surface area contributed by atoms with Gasteiger partial charge in [0.15, 0.2) is 5.69 Å². The molecule has 1 aromatic heterocycles. The molecule has 1 spiro atoms. The van der Waals surface area contributed by atoms with Gasteiger partial charge in [0, 0.05) is 11.3 Å². The fourth-order valence-corrected chi connectivity index (χ4v) is 5.33. The fourth-order valence-electron chi connectivity index (χ4n) is 3.08. The average molecular weight is 478 g/mol. The highest BCUT2D eigenvalue weighted by Crippen LogP contribution is 2.56. The molecule has 2 amide bonds. The molecular formula is C19H13F3N6O2S2. The first kappa shape index (κ1) is 22.1. The highest BCUT2D eigenvalue weighted by Gasteiger charge is 2.49. The molecular weight excluding hydrogens is 465 g/mol. The second-order valence-electron chi connectivity index (χ2n) is 6.95. The number of aromatic nitrogens is 2. The van der Waals surface area contributed by atoms with E-state index >= 15 is 0 Å². The van der Waals surface area contributed by atoms with E-state index in [2.05, 4.69) is 21.0 Å². The molecule has 164 valence electrons. The van der Waals surface area contributed by atoms with Crippen LogP contribution >= 0.6 is 23.5 Å². The van der Waals surface area contributed by atoms with E-state index in [1.54, 1.807) is 6.07 Å². The average Bonchev–Trinajstić information content (AvgIpc) is 3.54. The van der Waals surface area contributed by atoms with E-state index in [-0.39, 0.29) is 17.0 Å². The van der Waals surface area contributed by atoms with E-state index in [1.165, 1.54) is 29.6 Å². The van der Waals surface area contributed by atoms with Crippen LogP contribution in [0.25, 0.3) is 0 Å². The van der Waals surface area contributed by atoms with Gasteiger partial charge in [-0.2, -0.15) is 18.4 Å². The van der Waals surface area contributed by atoms with Crippen molar-refractivity contribution in [2.24, 2.45) is 4.99 Å². The number of alkyl halides is 3. The standard InChI is InChI=1S/C19H13F3N6O2S2/c20-19(21,22)12-2-1-10(11(5-12)7-23)8-31-17-25-18(3-4-18)13-6-14(15(30)27-24-9-29)26-28-16(13)32-17/h1-2,5-6,9H,3-4,8H2,(H,24,29)(H,27,30). The molecule has 13 heteroatoms. The Bertz CT molecular complexity index is 1170. The number of carbonyl (C=O) groups excluding carboxylic acids is 2. The molecule has 2 aliphatic rings. The Morgan fingerprint density at radius 2 is 2.09 bits per heavy atom. The van der Waals surface area contributed by atoms with Gasteiger partial charge in [-0.15, -0.1) is 10.2 Å². The number of nitriles is 1. The highest BCUT2D eigenvalue weighted by atomic mass is 32.2. The van der Waals surface area contributed by atoms with Crippen LogP contribution < -0.4 is 10.9 Å². The van der Waals surface area contributed by atoms with Crippen LogP contribution in [0.4, 0.5) is 13.2 Å². The lowest BCUT2D eigenvalue weighted by Gasteiger charge is -2.22. The number of hydrogen-bond donors (Lipinski definition) is 2. The predicted octanol–water partition coefficient (Wildman–Crippen LogP) is 3.14. The number of hydrogen-bond acceptors (Lipinski definition) is 8. The zero-order valence-corrected chi connectivity index (χ0v) is 17.7. The molecule has 0 atom stereocenters. The van der Waals surface area contributed by atoms with Gasteiger partial charge in [-0.25, -0.2) is 0 Å². The van der Waals surface area contributed by atoms with Crippen molar-refractivity contribution in [1.82, 2.24) is 21.0 Å². The van der Waals surface area contributed by atoms with Gasteiger partial charge in [-0.1, -0.05) is 17.8 Å². The van der Waals surface area contributed by atoms with Crippen LogP contribution in [0.2, 0.25) is 0 Å². The van der Waals surface area contributed by atoms with Crippen molar-refractivity contribution >= 4 is 40.2 Å². The summed E-state index contributed by atoms with van der Waals surface area (Å²) in [6, 6.07) is 6.54. The predicted molar refractivity (Wildman–Crippen MR) is 110 cm³/mol. The highest BCUT2D eigenvalue weighted by molar-refractivity contribution is 8.38. The van der Waals surface area contributed by atoms with Gasteiger partial charge in [0.25, 0.3) is 5.91 Å². The summed E-state index contributed by atoms with van der Waals surface area (Å²) in [5.41, 5.74) is 4.11. The maximum atomic E-state index is 12.9. The number of aliphatic imine (C=N–C) groups is 1. The van der Waals surface area contributed by atoms with E-state index in [1.807, 2.05) is 6.07 Å². The van der Waals surface area contributed by atoms with E-state index in [4.69, 9.17) is 4.99 Å². The monoisotopic (exact) mass is 478 g/mol. The van der Waals surface area contributed by atoms with Crippen molar-refractivity contribution < 1.29 is 22.8 Å². The van der Waals surface area contributed by atoms with Gasteiger partial charge < -0.3 is 0 Å². The van der Waals surface area contributed by atoms with Crippen LogP contribution in [0.3, 0.4) is 0 Å². The molecule has 32 heavy (non-hydrogen) atoms. The first-order valence-electron chi connectivity index (χ1n) is 9.14. The number of amides is 2. The molecule has 1 saturated carbocycles. The zero-order chi connectivity index (χ0) is 22.9. The molecule has 4 rings (SSSR count). The molecule has 2 heterocycles. The fraction of sp³-hybridized carbons (Fsp3) is 0.263. The first-order chi connectivity index (χ1) is 15.3. The lowest BCUT2D eigenvalue weighted by atomic mass is 10.1. The number of benzene rings is 1. The third-order valence-corrected chi connectivity index (χ3v) is 7.02. The lowest BCUT2D eigenvalue weighted by molar-refractivity contribution is -0.137. The minimum Gasteiger partial charge on any atom is -0.277 e. The Balaban J connectivity index is 1.51. The first-order valence-corrected chi connectivity index (χ1v) is 10.9. The van der Waals surface area contributed by atoms with Crippen molar-refractivity contribution in [3.63, 3.8) is 0 Å². The summed E-state index contributed by atoms with van der Waals surface area (Å²) in [5.74, 6) is -0.340. The molecule has 1 aliphatic heterocycles. The largest absolute Gasteiger partial charge is 0.416 e. The maximum Gasteiger partial charge on any atom is 0.416 e. The summed E-state index contributed by atoms with van der Waals surface area (Å²) in [5, 5.41) is 17.9. The molecule has 0 unspecified atom stereocenters. The van der Waals surface area contributed by atoms with Crippen LogP contribution in [0.15, 0.2) is 34.3 Å². The Morgan fingerprint density at radius 1 is 1.31 bits per heavy atom. The van der Waals surface area contributed by atoms with E-state index in [9.17, 15) is 28.0 Å². The lowest BCUT2D eigenvalue weighted by Crippen LogP contribution is -2.37. The van der Waals surface area contributed by atoms with Crippen molar-refractivity contribution in [2.75, 3.05) is 0 Å². The zero-order valence-electron chi connectivity index (χ0n) is 16.1. The number of carbonyl (C=O) groups is 2. The van der Waals surface area contributed by atoms with Crippen molar-refractivity contribution in [1.29, 1.82) is 5.26 Å². The second-order valence-corrected chi connectivity index (χ2v) is 9.15. The van der Waals surface area contributed by atoms with Crippen LogP contribution in [0.1, 0.15) is 45.6 Å². The number of hydrazine groups is 1. The van der Waals surface area contributed by atoms with Gasteiger partial charge >= 0.3 is 6.18 Å². The third-order valence-electron chi connectivity index (χ3n) is 4.86. The summed E-state index contributed by atoms with van der Waals surface area (Å²) in [6.45, 7) is 0. The molecule has 1 fully saturated rings. The minimum absolute atomic E-state index is 0.0327. The molecule has 2 aromatic rings. The van der Waals surface area contributed by atoms with E-state index < -0.39 is 23.2 Å². The summed E-state index contributed by atoms with van der Waals surface area (Å²) >= 11 is 2.56. The molecule has 0 radical (unpaired) electrons. The number of thioether (sulfide) groups is 2. The number of nitrogens with one attached hydrogen (secondary N) is 2. The molecule has 1 aliphatic carbocycles. The van der Waals surface area contributed by atoms with E-state index in [0.29, 0.717) is 21.4 Å². The van der Waals surface area contributed by atoms with Crippen LogP contribution in [-0.4, -0.2) is 26.9 Å². The van der Waals surface area contributed by atoms with Crippen molar-refractivity contribution in [2.45, 2.75) is 35.3 Å². The molecule has 0 saturated heterocycles. The number of nitrogens with zero attached hydrogens (tertiary/aromatic N) is 4. The second kappa shape index (κ2) is 8.44. The summed E-state index contributed by atoms with van der Waals surface area (Å²) in [7, 11) is 0. The smallest absolute Gasteiger partial charge is 0.277 e. The maximum absolute atomic E-state index is 12.9. The van der Waals surface area contributed by atoms with Crippen LogP contribution in [0, 0.1) is 11.3 Å². The van der Waals surface area contributed by atoms with Gasteiger partial charge in [-0.3, -0.25) is 25.4 Å². The normalized spacial score (nSPS) is 15.9. The minimum atomic E-state index is -4.51. The number of rotatable bonds is 5. The Labute approximate surface area is 188 Å². The van der Waals surface area contributed by atoms with E-state index in [0.717, 1.165) is 30.5 Å². The van der Waals surface area contributed by atoms with Gasteiger partial charge in [0.1, 0.15) is 9.40 Å². The third kappa shape index (κ3) is 4.42. The SMILES string of the molecule is N#Cc1cc(C(F)(F)F)ccc1CSC1=NC2(CC2)c2cc(C(=O)NNC=O)nnc2S1. The van der Waals surface area contributed by atoms with Gasteiger partial charge in [0.2, 0.25) is 6.41 Å². The Kier molecular flexibility index (Phi) is 5.83. The molecule has 2 N–H and O–H groups in total. The summed E-state index contributed by atoms with van der Waals surface area (Å²) in [4.78, 5) is 27.1. The Hall–Kier alpha value is -3.11.